The minimum Gasteiger partial charge on any atom is -0.453 e. The molecule has 0 amide bonds. The Labute approximate surface area is 622 Å². The van der Waals surface area contributed by atoms with Crippen molar-refractivity contribution in [1.29, 1.82) is 5.26 Å². The highest BCUT2D eigenvalue weighted by Gasteiger charge is 2.35. The van der Waals surface area contributed by atoms with Gasteiger partial charge in [0.25, 0.3) is 0 Å². The number of nitrogens with zero attached hydrogens (tertiary/aromatic N) is 6. The fourth-order valence-electron chi connectivity index (χ4n) is 16.7. The van der Waals surface area contributed by atoms with E-state index in [2.05, 4.69) is 359 Å². The Hall–Kier alpha value is -14.7. The van der Waals surface area contributed by atoms with Crippen LogP contribution < -0.4 is 0 Å². The molecule has 0 aliphatic heterocycles. The molecule has 108 heavy (non-hydrogen) atoms. The SMILES string of the molecule is N#Cc1c(-n2c3ccc(-c4ccccc4)cc3c3cc(-c4ccccc4)ccc32)c(-n2c3ccc(-c4ccccc4)cc3c3cc(-c4ccccc4)ccc32)c(-n2c3ccc(-c4ccccc4)cc3c3cc(-c4ccccc4)ccc32)c2oc3c(-c4cc(-c5ccccc5)nc(-c5ccccc5)n4)cccc3c12. The summed E-state index contributed by atoms with van der Waals surface area (Å²) in [4.78, 5) is 10.8. The Morgan fingerprint density at radius 2 is 0.528 bits per heavy atom. The van der Waals surface area contributed by atoms with Gasteiger partial charge in [-0.25, -0.2) is 9.97 Å². The van der Waals surface area contributed by atoms with Crippen molar-refractivity contribution in [3.63, 3.8) is 0 Å². The van der Waals surface area contributed by atoms with Crippen LogP contribution in [-0.4, -0.2) is 23.7 Å². The van der Waals surface area contributed by atoms with Crippen molar-refractivity contribution in [2.24, 2.45) is 0 Å². The second kappa shape index (κ2) is 25.3. The molecule has 0 spiro atoms. The maximum Gasteiger partial charge on any atom is 0.163 e. The van der Waals surface area contributed by atoms with Gasteiger partial charge in [0.15, 0.2) is 11.4 Å². The van der Waals surface area contributed by atoms with Crippen LogP contribution in [0.1, 0.15) is 5.56 Å². The first kappa shape index (κ1) is 61.9. The van der Waals surface area contributed by atoms with E-state index in [9.17, 15) is 5.26 Å². The van der Waals surface area contributed by atoms with E-state index in [1.54, 1.807) is 0 Å². The van der Waals surface area contributed by atoms with Crippen LogP contribution in [-0.2, 0) is 0 Å². The van der Waals surface area contributed by atoms with Crippen molar-refractivity contribution in [3.8, 4) is 124 Å². The molecule has 0 bridgehead atoms. The third-order valence-electron chi connectivity index (χ3n) is 21.7. The summed E-state index contributed by atoms with van der Waals surface area (Å²) in [6.45, 7) is 0. The third kappa shape index (κ3) is 10.1. The Morgan fingerprint density at radius 3 is 0.861 bits per heavy atom. The fraction of sp³-hybridized carbons (Fsp3) is 0. The van der Waals surface area contributed by atoms with Gasteiger partial charge in [-0.3, -0.25) is 0 Å². The molecule has 0 saturated heterocycles. The Bertz CT molecular complexity index is 6830. The minimum atomic E-state index is 0.436. The van der Waals surface area contributed by atoms with Crippen molar-refractivity contribution in [2.75, 3.05) is 0 Å². The van der Waals surface area contributed by atoms with Crippen molar-refractivity contribution in [3.05, 3.63) is 382 Å². The Balaban J connectivity index is 0.993. The van der Waals surface area contributed by atoms with Crippen molar-refractivity contribution >= 4 is 87.4 Å². The molecule has 21 rings (SSSR count). The van der Waals surface area contributed by atoms with Gasteiger partial charge < -0.3 is 18.1 Å². The van der Waals surface area contributed by atoms with Gasteiger partial charge in [0, 0.05) is 54.4 Å². The molecule has 7 heteroatoms. The van der Waals surface area contributed by atoms with E-state index in [-0.39, 0.29) is 0 Å². The largest absolute Gasteiger partial charge is 0.453 e. The van der Waals surface area contributed by atoms with Crippen LogP contribution in [0.3, 0.4) is 0 Å². The predicted molar refractivity (Wildman–Crippen MR) is 446 cm³/mol. The van der Waals surface area contributed by atoms with E-state index in [1.165, 1.54) is 0 Å². The number of hydrogen-bond acceptors (Lipinski definition) is 4. The summed E-state index contributed by atoms with van der Waals surface area (Å²) in [6.07, 6.45) is 0. The zero-order valence-electron chi connectivity index (χ0n) is 58.4. The molecule has 0 saturated carbocycles. The first-order chi connectivity index (χ1) is 53.5. The standard InChI is InChI=1S/C101H62N6O/c102-63-86-95-79-43-25-42-78(88-62-87(70-38-21-7-22-39-70)103-101(104-88)71-40-23-8-24-41-71)99(79)108-100(95)98(107-93-54-48-76(68-34-17-5-18-35-68)60-84(93)85-61-77(49-55-94(85)107)69-36-19-6-20-37-69)97(106-91-52-46-74(66-30-13-3-14-31-66)58-82(91)83-59-75(47-53-92(83)106)67-32-15-4-16-33-67)96(86)105-89-50-44-72(64-26-9-1-10-27-64)56-80(89)81-57-73(45-51-90(81)105)65-28-11-2-12-29-65/h1-62H. The second-order valence-corrected chi connectivity index (χ2v) is 27.8. The summed E-state index contributed by atoms with van der Waals surface area (Å²) in [6, 6.07) is 137. The van der Waals surface area contributed by atoms with E-state index >= 15 is 0 Å². The van der Waals surface area contributed by atoms with Crippen molar-refractivity contribution in [2.45, 2.75) is 0 Å². The van der Waals surface area contributed by atoms with Gasteiger partial charge >= 0.3 is 0 Å². The Kier molecular flexibility index (Phi) is 14.5. The second-order valence-electron chi connectivity index (χ2n) is 27.8. The van der Waals surface area contributed by atoms with Crippen LogP contribution in [0.2, 0.25) is 0 Å². The number of hydrogen-bond donors (Lipinski definition) is 0. The number of fused-ring (bicyclic) bond motifs is 12. The third-order valence-corrected chi connectivity index (χ3v) is 21.7. The summed E-state index contributed by atoms with van der Waals surface area (Å²) in [5, 5.41) is 20.9. The highest BCUT2D eigenvalue weighted by atomic mass is 16.3. The molecule has 5 aromatic heterocycles. The maximum atomic E-state index is 13.2. The molecule has 16 aromatic carbocycles. The molecule has 0 fully saturated rings. The topological polar surface area (TPSA) is 77.5 Å². The smallest absolute Gasteiger partial charge is 0.163 e. The van der Waals surface area contributed by atoms with Crippen LogP contribution in [0.5, 0.6) is 0 Å². The van der Waals surface area contributed by atoms with Crippen LogP contribution in [0, 0.1) is 11.3 Å². The normalized spacial score (nSPS) is 11.7. The lowest BCUT2D eigenvalue weighted by Gasteiger charge is -2.24. The summed E-state index contributed by atoms with van der Waals surface area (Å²) in [5.41, 5.74) is 26.5. The monoisotopic (exact) mass is 1370 g/mol. The molecule has 0 atom stereocenters. The van der Waals surface area contributed by atoms with Gasteiger partial charge in [0.2, 0.25) is 0 Å². The van der Waals surface area contributed by atoms with E-state index in [4.69, 9.17) is 14.4 Å². The number of nitriles is 1. The van der Waals surface area contributed by atoms with E-state index < -0.39 is 0 Å². The first-order valence-corrected chi connectivity index (χ1v) is 36.6. The number of benzene rings is 16. The van der Waals surface area contributed by atoms with Crippen LogP contribution in [0.4, 0.5) is 0 Å². The Morgan fingerprint density at radius 1 is 0.231 bits per heavy atom. The molecule has 0 aliphatic rings. The predicted octanol–water partition coefficient (Wildman–Crippen LogP) is 26.5. The quantitative estimate of drug-likeness (QED) is 0.122. The zero-order chi connectivity index (χ0) is 71.3. The number of para-hydroxylation sites is 1. The fourth-order valence-corrected chi connectivity index (χ4v) is 16.7. The average molecular weight is 1380 g/mol. The van der Waals surface area contributed by atoms with E-state index in [0.29, 0.717) is 39.3 Å². The van der Waals surface area contributed by atoms with Crippen LogP contribution in [0.25, 0.3) is 205 Å². The van der Waals surface area contributed by atoms with Crippen molar-refractivity contribution < 1.29 is 4.42 Å². The number of rotatable bonds is 12. The molecular formula is C101H62N6O. The summed E-state index contributed by atoms with van der Waals surface area (Å²) >= 11 is 0. The molecule has 0 radical (unpaired) electrons. The molecule has 21 aromatic rings. The van der Waals surface area contributed by atoms with Gasteiger partial charge in [-0.2, -0.15) is 5.26 Å². The molecule has 0 aliphatic carbocycles. The van der Waals surface area contributed by atoms with Crippen LogP contribution in [0.15, 0.2) is 381 Å². The number of furan rings is 1. The highest BCUT2D eigenvalue weighted by molar-refractivity contribution is 6.22. The lowest BCUT2D eigenvalue weighted by Crippen LogP contribution is -2.12. The van der Waals surface area contributed by atoms with Gasteiger partial charge in [-0.15, -0.1) is 0 Å². The van der Waals surface area contributed by atoms with E-state index in [1.807, 2.05) is 36.4 Å². The summed E-state index contributed by atoms with van der Waals surface area (Å²) in [7, 11) is 0. The molecule has 0 unspecified atom stereocenters. The van der Waals surface area contributed by atoms with Gasteiger partial charge in [-0.05, 0) is 152 Å². The highest BCUT2D eigenvalue weighted by Crippen LogP contribution is 2.53. The summed E-state index contributed by atoms with van der Waals surface area (Å²) < 4.78 is 15.5. The average Bonchev–Trinajstić information content (AvgIpc) is 1.51. The number of aromatic nitrogens is 5. The zero-order valence-corrected chi connectivity index (χ0v) is 58.4. The maximum absolute atomic E-state index is 13.2. The van der Waals surface area contributed by atoms with Crippen molar-refractivity contribution in [1.82, 2.24) is 23.7 Å². The van der Waals surface area contributed by atoms with Gasteiger partial charge in [0.1, 0.15) is 17.3 Å². The molecular weight excluding hydrogens is 1310 g/mol. The lowest BCUT2D eigenvalue weighted by molar-refractivity contribution is 0.666. The first-order valence-electron chi connectivity index (χ1n) is 36.6. The molecule has 7 nitrogen and oxygen atoms in total. The minimum absolute atomic E-state index is 0.436. The molecule has 5 heterocycles. The van der Waals surface area contributed by atoms with Gasteiger partial charge in [0.05, 0.1) is 66.8 Å². The van der Waals surface area contributed by atoms with Crippen LogP contribution >= 0.6 is 0 Å². The molecule has 0 N–H and O–H groups in total. The lowest BCUT2D eigenvalue weighted by atomic mass is 9.98. The van der Waals surface area contributed by atoms with Gasteiger partial charge in [-0.1, -0.05) is 291 Å². The summed E-state index contributed by atoms with van der Waals surface area (Å²) in [5.74, 6) is 0.576. The van der Waals surface area contributed by atoms with E-state index in [0.717, 1.165) is 171 Å². The molecule has 502 valence electrons.